The van der Waals surface area contributed by atoms with Crippen LogP contribution in [0.1, 0.15) is 67.6 Å². The number of fused-ring (bicyclic) bond motifs is 2. The molecule has 25 nitrogen and oxygen atoms in total. The summed E-state index contributed by atoms with van der Waals surface area (Å²) in [5.41, 5.74) is 7.30. The number of aromatic nitrogens is 6. The maximum atomic E-state index is 14.0. The molecule has 1 aromatic carbocycles. The van der Waals surface area contributed by atoms with Gasteiger partial charge in [0.15, 0.2) is 5.96 Å². The average Bonchev–Trinajstić information content (AvgIpc) is 4.01. The zero-order valence-corrected chi connectivity index (χ0v) is 38.8. The monoisotopic (exact) mass is 972 g/mol. The van der Waals surface area contributed by atoms with Crippen LogP contribution in [0.5, 0.6) is 0 Å². The summed E-state index contributed by atoms with van der Waals surface area (Å²) in [5, 5.41) is 42.7. The number of nitrogens with one attached hydrogen (secondary N) is 8. The highest BCUT2D eigenvalue weighted by Crippen LogP contribution is 2.20. The van der Waals surface area contributed by atoms with Crippen LogP contribution < -0.4 is 43.0 Å². The predicted octanol–water partition coefficient (Wildman–Crippen LogP) is -2.12. The fourth-order valence-corrected chi connectivity index (χ4v) is 6.69. The SMILES string of the molecule is N=C(N)NCCC[C@@H]1NC(=O)C(CCCNC(=O)CCOCCOCCOCCOCCNC(=O)Cn2cc(CCCF)nn2)n2cc(nn2)[C@H](Cc2ccccc2)NC(=O)CNC(=O)CNC1=O. The van der Waals surface area contributed by atoms with Gasteiger partial charge in [-0.3, -0.25) is 38.6 Å². The fourth-order valence-electron chi connectivity index (χ4n) is 6.69. The third-order valence-electron chi connectivity index (χ3n) is 10.2. The number of rotatable bonds is 30. The molecular formula is C43H66FN15O10. The average molecular weight is 972 g/mol. The fraction of sp³-hybridized carbons (Fsp3) is 0.605. The number of guanidine groups is 1. The van der Waals surface area contributed by atoms with Crippen molar-refractivity contribution in [2.75, 3.05) is 92.3 Å². The molecule has 10 N–H and O–H groups in total. The zero-order chi connectivity index (χ0) is 49.5. The van der Waals surface area contributed by atoms with Gasteiger partial charge in [-0.05, 0) is 50.5 Å². The van der Waals surface area contributed by atoms with Crippen LogP contribution in [0.15, 0.2) is 42.7 Å². The van der Waals surface area contributed by atoms with E-state index in [9.17, 15) is 33.2 Å². The van der Waals surface area contributed by atoms with Gasteiger partial charge in [-0.1, -0.05) is 40.8 Å². The van der Waals surface area contributed by atoms with Gasteiger partial charge in [0.05, 0.1) is 90.6 Å². The Balaban J connectivity index is 1.15. The molecule has 1 aliphatic rings. The van der Waals surface area contributed by atoms with E-state index in [1.807, 2.05) is 30.3 Å². The number of carbonyl (C=O) groups is 6. The van der Waals surface area contributed by atoms with E-state index in [1.165, 1.54) is 9.36 Å². The minimum absolute atomic E-state index is 0.0121. The zero-order valence-electron chi connectivity index (χ0n) is 38.8. The number of hydrogen-bond donors (Lipinski definition) is 9. The number of aryl methyl sites for hydroxylation is 1. The molecule has 69 heavy (non-hydrogen) atoms. The minimum Gasteiger partial charge on any atom is -0.379 e. The van der Waals surface area contributed by atoms with Gasteiger partial charge in [0, 0.05) is 32.3 Å². The molecular weight excluding hydrogens is 906 g/mol. The molecule has 3 aromatic rings. The van der Waals surface area contributed by atoms with Gasteiger partial charge in [-0.25, -0.2) is 9.36 Å². The van der Waals surface area contributed by atoms with E-state index >= 15 is 0 Å². The standard InChI is InChI=1S/C43H66FN15O10/c44-13-4-9-32-28-58(56-54-32)30-40(63)48-16-18-67-20-22-69-24-23-68-21-19-66-17-12-37(60)47-14-6-11-36-42(65)53-33(10-5-15-49-43(45)46)41(64)51-26-38(61)50-27-39(62)52-34(35-29-59(36)57-55-35)25-31-7-2-1-3-8-31/h1-3,7-8,28-29,33-34,36H,4-6,9-27,30H2,(H,47,60)(H,48,63)(H,50,61)(H,51,64)(H,52,62)(H,53,65)(H4,45,46,49)/t33-,34-,36?/m0/s1. The lowest BCUT2D eigenvalue weighted by Crippen LogP contribution is -2.51. The number of carbonyl (C=O) groups excluding carboxylic acids is 6. The summed E-state index contributed by atoms with van der Waals surface area (Å²) in [6.07, 6.45) is 5.44. The summed E-state index contributed by atoms with van der Waals surface area (Å²) in [6.45, 7) is 1.98. The molecule has 1 aliphatic heterocycles. The second-order valence-corrected chi connectivity index (χ2v) is 15.7. The van der Waals surface area contributed by atoms with Crippen molar-refractivity contribution in [3.8, 4) is 0 Å². The molecule has 0 saturated carbocycles. The van der Waals surface area contributed by atoms with Gasteiger partial charge >= 0.3 is 0 Å². The largest absolute Gasteiger partial charge is 0.379 e. The number of hydrogen-bond acceptors (Lipinski definition) is 15. The number of amides is 6. The Hall–Kier alpha value is -6.64. The van der Waals surface area contributed by atoms with Gasteiger partial charge < -0.3 is 61.9 Å². The quantitative estimate of drug-likeness (QED) is 0.0196. The molecule has 0 fully saturated rings. The lowest BCUT2D eigenvalue weighted by Gasteiger charge is -2.23. The number of halogens is 1. The van der Waals surface area contributed by atoms with Crippen LogP contribution in [0, 0.1) is 5.41 Å². The van der Waals surface area contributed by atoms with Crippen molar-refractivity contribution < 1.29 is 52.1 Å². The first-order valence-electron chi connectivity index (χ1n) is 23.0. The van der Waals surface area contributed by atoms with E-state index in [1.54, 1.807) is 12.4 Å². The first kappa shape index (κ1) is 55.0. The predicted molar refractivity (Wildman–Crippen MR) is 245 cm³/mol. The maximum Gasteiger partial charge on any atom is 0.245 e. The molecule has 1 unspecified atom stereocenters. The Morgan fingerprint density at radius 1 is 0.725 bits per heavy atom. The third kappa shape index (κ3) is 22.8. The number of nitrogens with two attached hydrogens (primary N) is 1. The topological polar surface area (TPSA) is 335 Å². The summed E-state index contributed by atoms with van der Waals surface area (Å²) >= 11 is 0. The molecule has 2 bridgehead atoms. The normalized spacial score (nSPS) is 16.7. The van der Waals surface area contributed by atoms with Crippen LogP contribution in [-0.2, 0) is 67.1 Å². The second kappa shape index (κ2) is 32.2. The van der Waals surface area contributed by atoms with Crippen LogP contribution >= 0.6 is 0 Å². The first-order valence-corrected chi connectivity index (χ1v) is 23.0. The van der Waals surface area contributed by atoms with Crippen molar-refractivity contribution in [3.63, 3.8) is 0 Å². The van der Waals surface area contributed by atoms with Gasteiger partial charge in [0.1, 0.15) is 24.3 Å². The van der Waals surface area contributed by atoms with E-state index in [0.29, 0.717) is 89.7 Å². The van der Waals surface area contributed by atoms with E-state index in [4.69, 9.17) is 30.1 Å². The van der Waals surface area contributed by atoms with Crippen molar-refractivity contribution in [1.82, 2.24) is 67.2 Å². The smallest absolute Gasteiger partial charge is 0.245 e. The van der Waals surface area contributed by atoms with Crippen molar-refractivity contribution in [2.24, 2.45) is 5.73 Å². The summed E-state index contributed by atoms with van der Waals surface area (Å²) < 4.78 is 37.1. The number of alkyl halides is 1. The Kier molecular flexibility index (Phi) is 25.6. The van der Waals surface area contributed by atoms with Crippen molar-refractivity contribution in [1.29, 1.82) is 5.41 Å². The molecule has 3 atom stereocenters. The highest BCUT2D eigenvalue weighted by atomic mass is 19.1. The lowest BCUT2D eigenvalue weighted by atomic mass is 10.0. The Bertz CT molecular complexity index is 2040. The Labute approximate surface area is 399 Å². The van der Waals surface area contributed by atoms with Crippen LogP contribution in [0.3, 0.4) is 0 Å². The molecule has 0 aliphatic carbocycles. The second-order valence-electron chi connectivity index (χ2n) is 15.7. The molecule has 0 saturated heterocycles. The number of benzene rings is 1. The summed E-state index contributed by atoms with van der Waals surface area (Å²) in [4.78, 5) is 77.6. The number of ether oxygens (including phenoxy) is 4. The van der Waals surface area contributed by atoms with E-state index in [2.05, 4.69) is 57.8 Å². The summed E-state index contributed by atoms with van der Waals surface area (Å²) in [5.74, 6) is -3.05. The highest BCUT2D eigenvalue weighted by molar-refractivity contribution is 5.92. The molecule has 3 heterocycles. The molecule has 2 aromatic heterocycles. The molecule has 26 heteroatoms. The van der Waals surface area contributed by atoms with Gasteiger partial charge in [0.2, 0.25) is 35.4 Å². The van der Waals surface area contributed by atoms with Crippen LogP contribution in [-0.4, -0.2) is 170 Å². The third-order valence-corrected chi connectivity index (χ3v) is 10.2. The molecule has 6 amide bonds. The van der Waals surface area contributed by atoms with Crippen LogP contribution in [0.4, 0.5) is 4.39 Å². The maximum absolute atomic E-state index is 14.0. The van der Waals surface area contributed by atoms with Gasteiger partial charge in [-0.2, -0.15) is 0 Å². The first-order chi connectivity index (χ1) is 33.5. The van der Waals surface area contributed by atoms with Crippen molar-refractivity contribution >= 4 is 41.4 Å². The van der Waals surface area contributed by atoms with E-state index in [-0.39, 0.29) is 76.4 Å². The minimum atomic E-state index is -1.08. The molecule has 380 valence electrons. The highest BCUT2D eigenvalue weighted by Gasteiger charge is 2.29. The van der Waals surface area contributed by atoms with Crippen LogP contribution in [0.2, 0.25) is 0 Å². The van der Waals surface area contributed by atoms with Gasteiger partial charge in [0.25, 0.3) is 0 Å². The van der Waals surface area contributed by atoms with Crippen molar-refractivity contribution in [3.05, 3.63) is 59.7 Å². The van der Waals surface area contributed by atoms with Crippen LogP contribution in [0.25, 0.3) is 0 Å². The summed E-state index contributed by atoms with van der Waals surface area (Å²) in [7, 11) is 0. The van der Waals surface area contributed by atoms with Crippen molar-refractivity contribution in [2.45, 2.75) is 76.0 Å². The summed E-state index contributed by atoms with van der Waals surface area (Å²) in [6, 6.07) is 6.65. The van der Waals surface area contributed by atoms with E-state index < -0.39 is 55.0 Å². The molecule has 0 spiro atoms. The molecule has 4 rings (SSSR count). The molecule has 0 radical (unpaired) electrons. The Morgan fingerprint density at radius 2 is 1.39 bits per heavy atom. The lowest BCUT2D eigenvalue weighted by molar-refractivity contribution is -0.132. The van der Waals surface area contributed by atoms with E-state index in [0.717, 1.165) is 5.56 Å². The Morgan fingerprint density at radius 3 is 2.12 bits per heavy atom. The van der Waals surface area contributed by atoms with Gasteiger partial charge in [-0.15, -0.1) is 10.2 Å². The number of nitrogens with zero attached hydrogens (tertiary/aromatic N) is 6.